The summed E-state index contributed by atoms with van der Waals surface area (Å²) in [5.41, 5.74) is -1.05. The summed E-state index contributed by atoms with van der Waals surface area (Å²) in [5.74, 6) is -6.69. The van der Waals surface area contributed by atoms with Crippen LogP contribution in [0, 0.1) is 41.6 Å². The Kier molecular flexibility index (Phi) is 5.87. The second kappa shape index (κ2) is 7.62. The Morgan fingerprint density at radius 3 is 2.30 bits per heavy atom. The topological polar surface area (TPSA) is 61.8 Å². The van der Waals surface area contributed by atoms with E-state index in [0.29, 0.717) is 0 Å². The van der Waals surface area contributed by atoms with Gasteiger partial charge in [-0.05, 0) is 23.8 Å². The monoisotopic (exact) mass is 386 g/mol. The van der Waals surface area contributed by atoms with Crippen molar-refractivity contribution in [3.63, 3.8) is 0 Å². The molecule has 0 amide bonds. The Hall–Kier alpha value is -2.51. The van der Waals surface area contributed by atoms with Gasteiger partial charge in [0, 0.05) is 11.6 Å². The summed E-state index contributed by atoms with van der Waals surface area (Å²) < 4.78 is 56.2. The number of halogens is 3. The zero-order valence-corrected chi connectivity index (χ0v) is 15.7. The number of ether oxygens (including phenoxy) is 3. The average Bonchev–Trinajstić information content (AvgIpc) is 3.18. The molecule has 148 valence electrons. The fourth-order valence-electron chi connectivity index (χ4n) is 3.12. The maximum Gasteiger partial charge on any atom is 0.330 e. The molecule has 0 unspecified atom stereocenters. The Balaban J connectivity index is 2.13. The number of benzene rings is 1. The first kappa shape index (κ1) is 20.8. The number of allylic oxidation sites excluding steroid dienone is 1. The first-order valence-electron chi connectivity index (χ1n) is 8.20. The number of carbonyl (C=O) groups excluding carboxylic acids is 2. The number of methoxy groups -OCH3 is 2. The molecular formula is C19H21F3O5. The van der Waals surface area contributed by atoms with E-state index in [1.54, 1.807) is 6.08 Å². The fourth-order valence-corrected chi connectivity index (χ4v) is 3.12. The lowest BCUT2D eigenvalue weighted by molar-refractivity contribution is -0.147. The van der Waals surface area contributed by atoms with E-state index in [0.717, 1.165) is 7.11 Å². The molecule has 1 saturated carbocycles. The van der Waals surface area contributed by atoms with Gasteiger partial charge in [-0.2, -0.15) is 4.39 Å². The van der Waals surface area contributed by atoms with Crippen molar-refractivity contribution in [2.24, 2.45) is 17.3 Å². The van der Waals surface area contributed by atoms with Crippen LogP contribution in [0.2, 0.25) is 0 Å². The highest BCUT2D eigenvalue weighted by Gasteiger charge is 2.61. The first-order valence-corrected chi connectivity index (χ1v) is 8.20. The highest BCUT2D eigenvalue weighted by molar-refractivity contribution is 5.83. The number of hydrogen-bond acceptors (Lipinski definition) is 5. The van der Waals surface area contributed by atoms with Crippen LogP contribution >= 0.6 is 0 Å². The van der Waals surface area contributed by atoms with Crippen molar-refractivity contribution in [2.45, 2.75) is 27.4 Å². The van der Waals surface area contributed by atoms with Crippen molar-refractivity contribution in [3.05, 3.63) is 40.7 Å². The summed E-state index contributed by atoms with van der Waals surface area (Å²) in [5, 5.41) is 0. The van der Waals surface area contributed by atoms with Gasteiger partial charge in [-0.3, -0.25) is 4.79 Å². The molecule has 0 aliphatic heterocycles. The van der Waals surface area contributed by atoms with E-state index in [1.165, 1.54) is 20.1 Å². The van der Waals surface area contributed by atoms with E-state index in [-0.39, 0.29) is 17.0 Å². The van der Waals surface area contributed by atoms with Gasteiger partial charge in [-0.1, -0.05) is 19.9 Å². The average molecular weight is 386 g/mol. The highest BCUT2D eigenvalue weighted by Crippen LogP contribution is 2.59. The first-order chi connectivity index (χ1) is 12.6. The molecule has 0 radical (unpaired) electrons. The summed E-state index contributed by atoms with van der Waals surface area (Å²) in [4.78, 5) is 23.5. The quantitative estimate of drug-likeness (QED) is 0.426. The molecule has 0 aromatic heterocycles. The maximum atomic E-state index is 14.2. The van der Waals surface area contributed by atoms with Gasteiger partial charge in [0.2, 0.25) is 5.82 Å². The van der Waals surface area contributed by atoms with Crippen LogP contribution in [0.3, 0.4) is 0 Å². The number of hydrogen-bond donors (Lipinski definition) is 0. The standard InChI is InChI=1S/C19H21F3O5/c1-9-10(15(21)16(22)17(26-5)14(9)20)8-27-18(24)13-11(19(13,2)3)6-7-12(23)25-4/h6-7,11,13H,8H2,1-5H3/b7-6-/t11-,13-/m0/s1. The van der Waals surface area contributed by atoms with Crippen LogP contribution in [0.4, 0.5) is 13.2 Å². The van der Waals surface area contributed by atoms with Crippen LogP contribution in [0.15, 0.2) is 12.2 Å². The highest BCUT2D eigenvalue weighted by atomic mass is 19.2. The lowest BCUT2D eigenvalue weighted by Gasteiger charge is -2.13. The minimum Gasteiger partial charge on any atom is -0.491 e. The second-order valence-corrected chi connectivity index (χ2v) is 6.89. The lowest BCUT2D eigenvalue weighted by Crippen LogP contribution is -2.13. The van der Waals surface area contributed by atoms with E-state index in [2.05, 4.69) is 9.47 Å². The molecule has 1 aliphatic carbocycles. The minimum absolute atomic E-state index is 0.198. The summed E-state index contributed by atoms with van der Waals surface area (Å²) in [6, 6.07) is 0. The molecule has 0 saturated heterocycles. The molecule has 1 aromatic rings. The second-order valence-electron chi connectivity index (χ2n) is 6.89. The molecule has 0 N–H and O–H groups in total. The fraction of sp³-hybridized carbons (Fsp3) is 0.474. The minimum atomic E-state index is -1.47. The van der Waals surface area contributed by atoms with Crippen molar-refractivity contribution < 1.29 is 37.0 Å². The Morgan fingerprint density at radius 1 is 1.11 bits per heavy atom. The van der Waals surface area contributed by atoms with Crippen molar-refractivity contribution in [1.82, 2.24) is 0 Å². The van der Waals surface area contributed by atoms with Crippen LogP contribution in [0.5, 0.6) is 5.75 Å². The molecule has 5 nitrogen and oxygen atoms in total. The predicted molar refractivity (Wildman–Crippen MR) is 89.3 cm³/mol. The maximum absolute atomic E-state index is 14.2. The van der Waals surface area contributed by atoms with Gasteiger partial charge in [0.25, 0.3) is 0 Å². The van der Waals surface area contributed by atoms with Gasteiger partial charge >= 0.3 is 11.9 Å². The van der Waals surface area contributed by atoms with E-state index in [4.69, 9.17) is 4.74 Å². The summed E-state index contributed by atoms with van der Waals surface area (Å²) in [7, 11) is 2.26. The molecule has 1 fully saturated rings. The molecule has 2 atom stereocenters. The molecule has 8 heteroatoms. The van der Waals surface area contributed by atoms with Crippen molar-refractivity contribution in [1.29, 1.82) is 0 Å². The molecule has 1 aliphatic rings. The third-order valence-corrected chi connectivity index (χ3v) is 5.01. The van der Waals surface area contributed by atoms with Gasteiger partial charge in [0.15, 0.2) is 17.4 Å². The lowest BCUT2D eigenvalue weighted by atomic mass is 10.1. The third kappa shape index (κ3) is 3.79. The number of esters is 2. The van der Waals surface area contributed by atoms with Gasteiger partial charge in [-0.15, -0.1) is 0 Å². The van der Waals surface area contributed by atoms with E-state index < -0.39 is 53.1 Å². The van der Waals surface area contributed by atoms with Gasteiger partial charge in [0.05, 0.1) is 20.1 Å². The van der Waals surface area contributed by atoms with Crippen molar-refractivity contribution in [2.75, 3.05) is 14.2 Å². The van der Waals surface area contributed by atoms with Gasteiger partial charge in [0.1, 0.15) is 6.61 Å². The Bertz CT molecular complexity index is 772. The molecule has 0 spiro atoms. The Labute approximate surface area is 155 Å². The number of carbonyl (C=O) groups is 2. The molecular weight excluding hydrogens is 365 g/mol. The third-order valence-electron chi connectivity index (χ3n) is 5.01. The van der Waals surface area contributed by atoms with Crippen LogP contribution in [-0.2, 0) is 25.7 Å². The van der Waals surface area contributed by atoms with Crippen molar-refractivity contribution >= 4 is 11.9 Å². The molecule has 0 heterocycles. The normalized spacial score (nSPS) is 20.4. The van der Waals surface area contributed by atoms with Gasteiger partial charge < -0.3 is 14.2 Å². The zero-order valence-electron chi connectivity index (χ0n) is 15.7. The molecule has 0 bridgehead atoms. The SMILES string of the molecule is COC(=O)/C=C\[C@H]1[C@@H](C(=O)OCc2c(C)c(F)c(OC)c(F)c2F)C1(C)C. The van der Waals surface area contributed by atoms with E-state index >= 15 is 0 Å². The Morgan fingerprint density at radius 2 is 1.74 bits per heavy atom. The van der Waals surface area contributed by atoms with Crippen LogP contribution < -0.4 is 4.74 Å². The molecule has 1 aromatic carbocycles. The van der Waals surface area contributed by atoms with Crippen LogP contribution in [-0.4, -0.2) is 26.2 Å². The van der Waals surface area contributed by atoms with E-state index in [9.17, 15) is 22.8 Å². The largest absolute Gasteiger partial charge is 0.491 e. The predicted octanol–water partition coefficient (Wildman–Crippen LogP) is 3.47. The zero-order chi connectivity index (χ0) is 20.5. The summed E-state index contributed by atoms with van der Waals surface area (Å²) >= 11 is 0. The van der Waals surface area contributed by atoms with Crippen molar-refractivity contribution in [3.8, 4) is 5.75 Å². The number of rotatable bonds is 6. The molecule has 2 rings (SSSR count). The summed E-state index contributed by atoms with van der Waals surface area (Å²) in [6.45, 7) is 4.24. The smallest absolute Gasteiger partial charge is 0.330 e. The van der Waals surface area contributed by atoms with E-state index in [1.807, 2.05) is 13.8 Å². The molecule has 27 heavy (non-hydrogen) atoms. The van der Waals surface area contributed by atoms with Crippen LogP contribution in [0.25, 0.3) is 0 Å². The van der Waals surface area contributed by atoms with Crippen LogP contribution in [0.1, 0.15) is 25.0 Å². The summed E-state index contributed by atoms with van der Waals surface area (Å²) in [6.07, 6.45) is 2.77. The van der Waals surface area contributed by atoms with Gasteiger partial charge in [-0.25, -0.2) is 13.6 Å².